The lowest BCUT2D eigenvalue weighted by Gasteiger charge is -2.07. The van der Waals surface area contributed by atoms with Crippen molar-refractivity contribution in [2.24, 2.45) is 0 Å². The molecule has 0 saturated heterocycles. The maximum absolute atomic E-state index is 12.5. The van der Waals surface area contributed by atoms with Crippen LogP contribution in [0.3, 0.4) is 0 Å². The fourth-order valence-corrected chi connectivity index (χ4v) is 4.10. The molecule has 0 radical (unpaired) electrons. The predicted molar refractivity (Wildman–Crippen MR) is 89.0 cm³/mol. The largest absolute Gasteiger partial charge is 0.223 e. The van der Waals surface area contributed by atoms with E-state index in [4.69, 9.17) is 0 Å². The Balaban J connectivity index is 2.00. The average Bonchev–Trinajstić information content (AvgIpc) is 2.46. The maximum atomic E-state index is 12.5. The summed E-state index contributed by atoms with van der Waals surface area (Å²) in [4.78, 5) is 0.362. The highest BCUT2D eigenvalue weighted by atomic mass is 79.9. The first-order valence-corrected chi connectivity index (χ1v) is 8.95. The molecule has 0 aliphatic heterocycles. The summed E-state index contributed by atoms with van der Waals surface area (Å²) in [6.07, 6.45) is 0. The van der Waals surface area contributed by atoms with Gasteiger partial charge in [0.1, 0.15) is 0 Å². The van der Waals surface area contributed by atoms with Crippen molar-refractivity contribution >= 4 is 36.5 Å². The van der Waals surface area contributed by atoms with E-state index in [2.05, 4.69) is 15.9 Å². The summed E-state index contributed by atoms with van der Waals surface area (Å²) in [5, 5.41) is 1.98. The second-order valence-corrected chi connectivity index (χ2v) is 7.80. The summed E-state index contributed by atoms with van der Waals surface area (Å²) in [6, 6.07) is 20.4. The van der Waals surface area contributed by atoms with Crippen molar-refractivity contribution in [1.29, 1.82) is 0 Å². The Morgan fingerprint density at radius 3 is 2.33 bits per heavy atom. The second kappa shape index (κ2) is 5.62. The molecule has 3 rings (SSSR count). The van der Waals surface area contributed by atoms with Gasteiger partial charge in [-0.15, -0.1) is 0 Å². The Labute approximate surface area is 132 Å². The zero-order chi connectivity index (χ0) is 14.9. The van der Waals surface area contributed by atoms with Crippen LogP contribution in [0.4, 0.5) is 0 Å². The van der Waals surface area contributed by atoms with Crippen LogP contribution in [-0.4, -0.2) is 8.42 Å². The van der Waals surface area contributed by atoms with Crippen molar-refractivity contribution in [3.8, 4) is 0 Å². The number of rotatable bonds is 3. The fourth-order valence-electron chi connectivity index (χ4n) is 2.29. The molecule has 0 aliphatic carbocycles. The molecular formula is C17H13BrO2S. The minimum absolute atomic E-state index is 0.00474. The van der Waals surface area contributed by atoms with E-state index in [1.807, 2.05) is 54.6 Å². The van der Waals surface area contributed by atoms with Crippen LogP contribution in [0.15, 0.2) is 76.1 Å². The molecule has 106 valence electrons. The van der Waals surface area contributed by atoms with Gasteiger partial charge in [-0.2, -0.15) is 0 Å². The molecule has 0 saturated carbocycles. The molecule has 21 heavy (non-hydrogen) atoms. The van der Waals surface area contributed by atoms with E-state index in [0.29, 0.717) is 4.90 Å². The highest BCUT2D eigenvalue weighted by Gasteiger charge is 2.15. The summed E-state index contributed by atoms with van der Waals surface area (Å²) in [5.41, 5.74) is 0.775. The van der Waals surface area contributed by atoms with Gasteiger partial charge < -0.3 is 0 Å². The molecule has 3 aromatic rings. The van der Waals surface area contributed by atoms with Gasteiger partial charge in [0, 0.05) is 4.47 Å². The third-order valence-electron chi connectivity index (χ3n) is 3.33. The summed E-state index contributed by atoms with van der Waals surface area (Å²) in [5.74, 6) is 0.00474. The Morgan fingerprint density at radius 1 is 0.810 bits per heavy atom. The molecule has 4 heteroatoms. The average molecular weight is 361 g/mol. The van der Waals surface area contributed by atoms with E-state index in [1.165, 1.54) is 0 Å². The first-order chi connectivity index (χ1) is 10.0. The minimum Gasteiger partial charge on any atom is -0.223 e. The third-order valence-corrected chi connectivity index (χ3v) is 5.50. The van der Waals surface area contributed by atoms with Gasteiger partial charge >= 0.3 is 0 Å². The van der Waals surface area contributed by atoms with Crippen LogP contribution in [0.1, 0.15) is 5.56 Å². The molecule has 0 aliphatic rings. The quantitative estimate of drug-likeness (QED) is 0.685. The van der Waals surface area contributed by atoms with E-state index in [1.54, 1.807) is 12.1 Å². The summed E-state index contributed by atoms with van der Waals surface area (Å²) in [6.45, 7) is 0. The van der Waals surface area contributed by atoms with Gasteiger partial charge in [0.05, 0.1) is 10.6 Å². The Hall–Kier alpha value is -1.65. The normalized spacial score (nSPS) is 11.7. The van der Waals surface area contributed by atoms with Crippen LogP contribution in [0.5, 0.6) is 0 Å². The minimum atomic E-state index is -3.34. The highest BCUT2D eigenvalue weighted by Crippen LogP contribution is 2.23. The zero-order valence-electron chi connectivity index (χ0n) is 11.2. The molecular weight excluding hydrogens is 348 g/mol. The van der Waals surface area contributed by atoms with Gasteiger partial charge in [0.15, 0.2) is 9.84 Å². The number of benzene rings is 3. The fraction of sp³-hybridized carbons (Fsp3) is 0.0588. The van der Waals surface area contributed by atoms with E-state index >= 15 is 0 Å². The standard InChI is InChI=1S/C17H13BrO2S/c18-16-7-3-4-13(10-16)12-21(19,20)17-9-8-14-5-1-2-6-15(14)11-17/h1-11H,12H2. The van der Waals surface area contributed by atoms with Gasteiger partial charge in [-0.3, -0.25) is 0 Å². The van der Waals surface area contributed by atoms with E-state index in [-0.39, 0.29) is 5.75 Å². The zero-order valence-corrected chi connectivity index (χ0v) is 13.6. The van der Waals surface area contributed by atoms with Gasteiger partial charge in [-0.1, -0.05) is 58.4 Å². The maximum Gasteiger partial charge on any atom is 0.182 e. The third kappa shape index (κ3) is 3.17. The summed E-state index contributed by atoms with van der Waals surface area (Å²) in [7, 11) is -3.34. The first kappa shape index (κ1) is 14.3. The Kier molecular flexibility index (Phi) is 3.83. The number of hydrogen-bond donors (Lipinski definition) is 0. The van der Waals surface area contributed by atoms with Gasteiger partial charge in [-0.25, -0.2) is 8.42 Å². The summed E-state index contributed by atoms with van der Waals surface area (Å²) < 4.78 is 26.0. The van der Waals surface area contributed by atoms with Crippen LogP contribution in [-0.2, 0) is 15.6 Å². The van der Waals surface area contributed by atoms with Crippen molar-refractivity contribution in [3.05, 3.63) is 76.8 Å². The van der Waals surface area contributed by atoms with Crippen molar-refractivity contribution < 1.29 is 8.42 Å². The smallest absolute Gasteiger partial charge is 0.182 e. The van der Waals surface area contributed by atoms with Crippen molar-refractivity contribution in [3.63, 3.8) is 0 Å². The van der Waals surface area contributed by atoms with Crippen LogP contribution in [0.25, 0.3) is 10.8 Å². The van der Waals surface area contributed by atoms with E-state index < -0.39 is 9.84 Å². The molecule has 0 heterocycles. The first-order valence-electron chi connectivity index (χ1n) is 6.51. The predicted octanol–water partition coefficient (Wildman–Crippen LogP) is 4.58. The highest BCUT2D eigenvalue weighted by molar-refractivity contribution is 9.10. The molecule has 0 spiro atoms. The lowest BCUT2D eigenvalue weighted by atomic mass is 10.1. The molecule has 0 N–H and O–H groups in total. The summed E-state index contributed by atoms with van der Waals surface area (Å²) >= 11 is 3.36. The second-order valence-electron chi connectivity index (χ2n) is 4.90. The number of fused-ring (bicyclic) bond motifs is 1. The van der Waals surface area contributed by atoms with Crippen LogP contribution in [0, 0.1) is 0 Å². The molecule has 0 amide bonds. The molecule has 0 atom stereocenters. The lowest BCUT2D eigenvalue weighted by molar-refractivity contribution is 0.595. The van der Waals surface area contributed by atoms with Crippen LogP contribution in [0.2, 0.25) is 0 Å². The molecule has 2 nitrogen and oxygen atoms in total. The van der Waals surface area contributed by atoms with Gasteiger partial charge in [0.25, 0.3) is 0 Å². The Morgan fingerprint density at radius 2 is 1.57 bits per heavy atom. The van der Waals surface area contributed by atoms with Crippen LogP contribution >= 0.6 is 15.9 Å². The monoisotopic (exact) mass is 360 g/mol. The SMILES string of the molecule is O=S(=O)(Cc1cccc(Br)c1)c1ccc2ccccc2c1. The molecule has 0 fully saturated rings. The molecule has 0 unspecified atom stereocenters. The topological polar surface area (TPSA) is 34.1 Å². The number of halogens is 1. The van der Waals surface area contributed by atoms with Gasteiger partial charge in [0.2, 0.25) is 0 Å². The molecule has 0 bridgehead atoms. The van der Waals surface area contributed by atoms with E-state index in [9.17, 15) is 8.42 Å². The van der Waals surface area contributed by atoms with Gasteiger partial charge in [-0.05, 0) is 40.6 Å². The Bertz CT molecular complexity index is 901. The number of sulfone groups is 1. The van der Waals surface area contributed by atoms with Crippen molar-refractivity contribution in [2.75, 3.05) is 0 Å². The number of hydrogen-bond acceptors (Lipinski definition) is 2. The van der Waals surface area contributed by atoms with Crippen molar-refractivity contribution in [2.45, 2.75) is 10.6 Å². The van der Waals surface area contributed by atoms with Crippen LogP contribution < -0.4 is 0 Å². The molecule has 3 aromatic carbocycles. The molecule has 0 aromatic heterocycles. The van der Waals surface area contributed by atoms with E-state index in [0.717, 1.165) is 20.8 Å². The van der Waals surface area contributed by atoms with Crippen molar-refractivity contribution in [1.82, 2.24) is 0 Å². The lowest BCUT2D eigenvalue weighted by Crippen LogP contribution is -2.04.